The van der Waals surface area contributed by atoms with Crippen molar-refractivity contribution in [1.29, 1.82) is 0 Å². The largest absolute Gasteiger partial charge is 0.409 e. The van der Waals surface area contributed by atoms with Crippen molar-refractivity contribution >= 4 is 11.7 Å². The smallest absolute Gasteiger partial charge is 0.235 e. The second-order valence-electron chi connectivity index (χ2n) is 4.58. The molecule has 1 amide bonds. The van der Waals surface area contributed by atoms with E-state index in [1.165, 1.54) is 0 Å². The summed E-state index contributed by atoms with van der Waals surface area (Å²) in [6, 6.07) is 8.94. The standard InChI is InChI=1S/C14H21N3O3/c1-10(2)20-9-8-16-14(18)12(13(15)17-19)11-6-4-3-5-7-11/h3-7,10,12,19H,8-9H2,1-2H3,(H2,15,17)(H,16,18). The van der Waals surface area contributed by atoms with E-state index >= 15 is 0 Å². The van der Waals surface area contributed by atoms with Crippen LogP contribution in [0.25, 0.3) is 0 Å². The number of benzene rings is 1. The normalized spacial score (nSPS) is 13.2. The number of carbonyl (C=O) groups excluding carboxylic acids is 1. The molecular weight excluding hydrogens is 258 g/mol. The Kier molecular flexibility index (Phi) is 6.52. The maximum Gasteiger partial charge on any atom is 0.235 e. The van der Waals surface area contributed by atoms with Crippen molar-refractivity contribution in [3.05, 3.63) is 35.9 Å². The molecule has 0 aliphatic carbocycles. The number of amidine groups is 1. The van der Waals surface area contributed by atoms with Crippen LogP contribution in [-0.4, -0.2) is 36.2 Å². The zero-order valence-corrected chi connectivity index (χ0v) is 11.7. The molecule has 0 saturated heterocycles. The highest BCUT2D eigenvalue weighted by Gasteiger charge is 2.24. The van der Waals surface area contributed by atoms with Crippen LogP contribution in [0.3, 0.4) is 0 Å². The zero-order chi connectivity index (χ0) is 15.0. The van der Waals surface area contributed by atoms with Crippen molar-refractivity contribution in [2.75, 3.05) is 13.2 Å². The average Bonchev–Trinajstić information content (AvgIpc) is 2.44. The lowest BCUT2D eigenvalue weighted by Gasteiger charge is -2.16. The molecule has 1 unspecified atom stereocenters. The molecule has 6 nitrogen and oxygen atoms in total. The van der Waals surface area contributed by atoms with Gasteiger partial charge in [0.1, 0.15) is 5.92 Å². The van der Waals surface area contributed by atoms with Gasteiger partial charge < -0.3 is 21.0 Å². The minimum absolute atomic E-state index is 0.112. The van der Waals surface area contributed by atoms with E-state index in [-0.39, 0.29) is 17.8 Å². The monoisotopic (exact) mass is 279 g/mol. The molecule has 1 rings (SSSR count). The SMILES string of the molecule is CC(C)OCCNC(=O)C(/C(N)=N/O)c1ccccc1. The summed E-state index contributed by atoms with van der Waals surface area (Å²) in [4.78, 5) is 12.2. The molecule has 110 valence electrons. The third kappa shape index (κ3) is 4.89. The topological polar surface area (TPSA) is 96.9 Å². The Morgan fingerprint density at radius 2 is 2.05 bits per heavy atom. The molecule has 0 aromatic heterocycles. The van der Waals surface area contributed by atoms with Crippen LogP contribution in [0.15, 0.2) is 35.5 Å². The summed E-state index contributed by atoms with van der Waals surface area (Å²) < 4.78 is 5.34. The first-order valence-electron chi connectivity index (χ1n) is 6.48. The number of oxime groups is 1. The maximum atomic E-state index is 12.2. The van der Waals surface area contributed by atoms with Gasteiger partial charge in [-0.3, -0.25) is 4.79 Å². The van der Waals surface area contributed by atoms with E-state index in [1.54, 1.807) is 24.3 Å². The van der Waals surface area contributed by atoms with E-state index in [2.05, 4.69) is 10.5 Å². The minimum Gasteiger partial charge on any atom is -0.409 e. The molecule has 0 aliphatic rings. The number of nitrogens with one attached hydrogen (secondary N) is 1. The van der Waals surface area contributed by atoms with E-state index in [4.69, 9.17) is 15.7 Å². The molecule has 0 spiro atoms. The number of rotatable bonds is 7. The first kappa shape index (κ1) is 16.0. The average molecular weight is 279 g/mol. The summed E-state index contributed by atoms with van der Waals surface area (Å²) in [5.74, 6) is -1.27. The van der Waals surface area contributed by atoms with Gasteiger partial charge in [0.15, 0.2) is 5.84 Å². The lowest BCUT2D eigenvalue weighted by atomic mass is 9.97. The molecule has 1 aromatic rings. The maximum absolute atomic E-state index is 12.2. The summed E-state index contributed by atoms with van der Waals surface area (Å²) in [6.45, 7) is 4.64. The number of nitrogens with zero attached hydrogens (tertiary/aromatic N) is 1. The first-order valence-corrected chi connectivity index (χ1v) is 6.48. The van der Waals surface area contributed by atoms with Crippen LogP contribution in [0, 0.1) is 0 Å². The van der Waals surface area contributed by atoms with Crippen molar-refractivity contribution in [2.45, 2.75) is 25.9 Å². The third-order valence-electron chi connectivity index (χ3n) is 2.66. The van der Waals surface area contributed by atoms with E-state index in [0.717, 1.165) is 0 Å². The van der Waals surface area contributed by atoms with Crippen LogP contribution in [0.1, 0.15) is 25.3 Å². The first-order chi connectivity index (χ1) is 9.56. The van der Waals surface area contributed by atoms with Gasteiger partial charge in [-0.05, 0) is 19.4 Å². The molecule has 0 bridgehead atoms. The molecule has 0 fully saturated rings. The quantitative estimate of drug-likeness (QED) is 0.228. The summed E-state index contributed by atoms with van der Waals surface area (Å²) >= 11 is 0. The molecule has 0 heterocycles. The van der Waals surface area contributed by atoms with Crippen molar-refractivity contribution < 1.29 is 14.7 Å². The van der Waals surface area contributed by atoms with Gasteiger partial charge in [0.2, 0.25) is 5.91 Å². The van der Waals surface area contributed by atoms with Gasteiger partial charge in [0, 0.05) is 6.54 Å². The molecule has 0 aliphatic heterocycles. The summed E-state index contributed by atoms with van der Waals surface area (Å²) in [6.07, 6.45) is 0.112. The molecule has 0 saturated carbocycles. The molecular formula is C14H21N3O3. The highest BCUT2D eigenvalue weighted by molar-refractivity contribution is 6.07. The van der Waals surface area contributed by atoms with Crippen LogP contribution in [0.4, 0.5) is 0 Å². The van der Waals surface area contributed by atoms with Crippen LogP contribution in [0.2, 0.25) is 0 Å². The van der Waals surface area contributed by atoms with E-state index < -0.39 is 5.92 Å². The van der Waals surface area contributed by atoms with Crippen molar-refractivity contribution in [3.8, 4) is 0 Å². The highest BCUT2D eigenvalue weighted by atomic mass is 16.5. The number of amides is 1. The van der Waals surface area contributed by atoms with Crippen LogP contribution >= 0.6 is 0 Å². The third-order valence-corrected chi connectivity index (χ3v) is 2.66. The minimum atomic E-state index is -0.805. The van der Waals surface area contributed by atoms with Gasteiger partial charge in [0.25, 0.3) is 0 Å². The van der Waals surface area contributed by atoms with Crippen molar-refractivity contribution in [2.24, 2.45) is 10.9 Å². The van der Waals surface area contributed by atoms with E-state index in [9.17, 15) is 4.79 Å². The van der Waals surface area contributed by atoms with Crippen LogP contribution < -0.4 is 11.1 Å². The fourth-order valence-corrected chi connectivity index (χ4v) is 1.73. The fourth-order valence-electron chi connectivity index (χ4n) is 1.73. The van der Waals surface area contributed by atoms with Crippen LogP contribution in [-0.2, 0) is 9.53 Å². The Bertz CT molecular complexity index is 446. The fraction of sp³-hybridized carbons (Fsp3) is 0.429. The molecule has 1 aromatic carbocycles. The van der Waals surface area contributed by atoms with Gasteiger partial charge >= 0.3 is 0 Å². The van der Waals surface area contributed by atoms with Gasteiger partial charge in [-0.1, -0.05) is 35.5 Å². The Balaban J connectivity index is 2.68. The van der Waals surface area contributed by atoms with Crippen molar-refractivity contribution in [3.63, 3.8) is 0 Å². The zero-order valence-electron chi connectivity index (χ0n) is 11.7. The lowest BCUT2D eigenvalue weighted by Crippen LogP contribution is -2.38. The second kappa shape index (κ2) is 8.16. The van der Waals surface area contributed by atoms with Gasteiger partial charge in [-0.25, -0.2) is 0 Å². The Hall–Kier alpha value is -2.08. The number of nitrogens with two attached hydrogens (primary N) is 1. The summed E-state index contributed by atoms with van der Waals surface area (Å²) in [7, 11) is 0. The van der Waals surface area contributed by atoms with Gasteiger partial charge in [-0.15, -0.1) is 0 Å². The lowest BCUT2D eigenvalue weighted by molar-refractivity contribution is -0.121. The predicted molar refractivity (Wildman–Crippen MR) is 76.7 cm³/mol. The van der Waals surface area contributed by atoms with Crippen molar-refractivity contribution in [1.82, 2.24) is 5.32 Å². The molecule has 20 heavy (non-hydrogen) atoms. The summed E-state index contributed by atoms with van der Waals surface area (Å²) in [5, 5.41) is 14.5. The van der Waals surface area contributed by atoms with E-state index in [1.807, 2.05) is 19.9 Å². The van der Waals surface area contributed by atoms with Gasteiger partial charge in [-0.2, -0.15) is 0 Å². The number of hydrogen-bond acceptors (Lipinski definition) is 4. The Labute approximate surface area is 118 Å². The second-order valence-corrected chi connectivity index (χ2v) is 4.58. The number of ether oxygens (including phenoxy) is 1. The highest BCUT2D eigenvalue weighted by Crippen LogP contribution is 2.15. The Morgan fingerprint density at radius 3 is 2.60 bits per heavy atom. The van der Waals surface area contributed by atoms with E-state index in [0.29, 0.717) is 18.7 Å². The van der Waals surface area contributed by atoms with Gasteiger partial charge in [0.05, 0.1) is 12.7 Å². The molecule has 1 atom stereocenters. The molecule has 6 heteroatoms. The molecule has 4 N–H and O–H groups in total. The summed E-state index contributed by atoms with van der Waals surface area (Å²) in [5.41, 5.74) is 6.28. The number of hydrogen-bond donors (Lipinski definition) is 3. The predicted octanol–water partition coefficient (Wildman–Crippen LogP) is 1.06. The number of carbonyl (C=O) groups is 1. The Morgan fingerprint density at radius 1 is 1.40 bits per heavy atom. The molecule has 0 radical (unpaired) electrons. The van der Waals surface area contributed by atoms with Crippen LogP contribution in [0.5, 0.6) is 0 Å².